The Morgan fingerprint density at radius 1 is 1.20 bits per heavy atom. The van der Waals surface area contributed by atoms with Crippen LogP contribution in [0.25, 0.3) is 0 Å². The van der Waals surface area contributed by atoms with E-state index in [-0.39, 0.29) is 60.0 Å². The van der Waals surface area contributed by atoms with Crippen molar-refractivity contribution in [3.05, 3.63) is 25.3 Å². The summed E-state index contributed by atoms with van der Waals surface area (Å²) in [6, 6.07) is -1.69. The standard InChI is InChI=1S/C35H56BrN3O7/c1-11-13-14-25(41)37-18-22(5)45-32(44)26-27-30(42)39(23(19-40)16-21(3)4)29(35(27)17-24(36)28(26)46-35)31(43)38(15-12-2)34(9,10)20-33(6,7)8/h11-12,21-24,26-29,40H,1-2,13-20H2,3-10H3,(H,37,41)/t22-,23+,24?,26+,27-,28+,29+,35-/m0/s1. The van der Waals surface area contributed by atoms with Crippen LogP contribution < -0.4 is 5.32 Å². The van der Waals surface area contributed by atoms with Crippen LogP contribution >= 0.6 is 15.9 Å². The lowest BCUT2D eigenvalue weighted by atomic mass is 9.70. The molecule has 46 heavy (non-hydrogen) atoms. The summed E-state index contributed by atoms with van der Waals surface area (Å²) in [5.41, 5.74) is -1.99. The van der Waals surface area contributed by atoms with Gasteiger partial charge in [-0.15, -0.1) is 13.2 Å². The van der Waals surface area contributed by atoms with Crippen LogP contribution in [0.15, 0.2) is 25.3 Å². The van der Waals surface area contributed by atoms with Gasteiger partial charge in [0.15, 0.2) is 0 Å². The molecule has 0 radical (unpaired) electrons. The minimum atomic E-state index is -1.29. The van der Waals surface area contributed by atoms with Crippen molar-refractivity contribution < 1.29 is 33.8 Å². The van der Waals surface area contributed by atoms with Crippen LogP contribution in [0.5, 0.6) is 0 Å². The molecule has 10 nitrogen and oxygen atoms in total. The first kappa shape index (κ1) is 38.2. The quantitative estimate of drug-likeness (QED) is 0.138. The maximum atomic E-state index is 15.0. The van der Waals surface area contributed by atoms with Crippen molar-refractivity contribution in [2.24, 2.45) is 23.2 Å². The number of alkyl halides is 1. The number of carbonyl (C=O) groups excluding carboxylic acids is 4. The lowest BCUT2D eigenvalue weighted by molar-refractivity contribution is -0.160. The van der Waals surface area contributed by atoms with Crippen LogP contribution in [0.4, 0.5) is 0 Å². The zero-order chi connectivity index (χ0) is 34.8. The second-order valence-electron chi connectivity index (χ2n) is 15.5. The molecule has 1 unspecified atom stereocenters. The van der Waals surface area contributed by atoms with E-state index in [9.17, 15) is 24.3 Å². The summed E-state index contributed by atoms with van der Waals surface area (Å²) in [7, 11) is 0. The number of halogens is 1. The first-order valence-electron chi connectivity index (χ1n) is 16.6. The predicted octanol–water partition coefficient (Wildman–Crippen LogP) is 4.38. The number of esters is 1. The van der Waals surface area contributed by atoms with Crippen molar-refractivity contribution in [2.45, 2.75) is 128 Å². The van der Waals surface area contributed by atoms with Crippen LogP contribution in [-0.2, 0) is 28.7 Å². The smallest absolute Gasteiger partial charge is 0.312 e. The van der Waals surface area contributed by atoms with Gasteiger partial charge in [-0.05, 0) is 57.8 Å². The van der Waals surface area contributed by atoms with Gasteiger partial charge in [-0.25, -0.2) is 0 Å². The Kier molecular flexibility index (Phi) is 12.4. The van der Waals surface area contributed by atoms with Crippen LogP contribution in [0.1, 0.15) is 87.5 Å². The molecule has 3 aliphatic heterocycles. The summed E-state index contributed by atoms with van der Waals surface area (Å²) in [5, 5.41) is 13.4. The number of likely N-dealkylation sites (tertiary alicyclic amines) is 1. The van der Waals surface area contributed by atoms with E-state index in [4.69, 9.17) is 9.47 Å². The largest absolute Gasteiger partial charge is 0.460 e. The Morgan fingerprint density at radius 2 is 1.85 bits per heavy atom. The van der Waals surface area contributed by atoms with Gasteiger partial charge in [-0.1, -0.05) is 62.7 Å². The van der Waals surface area contributed by atoms with Gasteiger partial charge in [0.25, 0.3) is 0 Å². The number of carbonyl (C=O) groups is 4. The number of hydrogen-bond donors (Lipinski definition) is 2. The highest BCUT2D eigenvalue weighted by Gasteiger charge is 2.77. The van der Waals surface area contributed by atoms with E-state index in [1.165, 1.54) is 4.90 Å². The molecule has 1 spiro atoms. The van der Waals surface area contributed by atoms with Gasteiger partial charge >= 0.3 is 5.97 Å². The molecule has 11 heteroatoms. The van der Waals surface area contributed by atoms with Crippen LogP contribution in [0, 0.1) is 23.2 Å². The number of nitrogens with zero attached hydrogens (tertiary/aromatic N) is 2. The number of rotatable bonds is 16. The second-order valence-corrected chi connectivity index (χ2v) is 16.7. The summed E-state index contributed by atoms with van der Waals surface area (Å²) >= 11 is 3.72. The molecule has 0 aliphatic carbocycles. The van der Waals surface area contributed by atoms with Gasteiger partial charge in [0.1, 0.15) is 17.7 Å². The maximum Gasteiger partial charge on any atom is 0.312 e. The highest BCUT2D eigenvalue weighted by atomic mass is 79.9. The highest BCUT2D eigenvalue weighted by molar-refractivity contribution is 9.09. The van der Waals surface area contributed by atoms with E-state index >= 15 is 0 Å². The van der Waals surface area contributed by atoms with E-state index in [0.717, 1.165) is 0 Å². The molecule has 3 aliphatic rings. The molecule has 0 aromatic carbocycles. The molecule has 2 N–H and O–H groups in total. The summed E-state index contributed by atoms with van der Waals surface area (Å²) in [5.74, 6) is -3.22. The molecule has 260 valence electrons. The molecular weight excluding hydrogens is 654 g/mol. The zero-order valence-corrected chi connectivity index (χ0v) is 30.6. The van der Waals surface area contributed by atoms with E-state index in [0.29, 0.717) is 25.7 Å². The summed E-state index contributed by atoms with van der Waals surface area (Å²) < 4.78 is 12.5. The van der Waals surface area contributed by atoms with E-state index in [1.807, 2.05) is 27.7 Å². The van der Waals surface area contributed by atoms with Crippen LogP contribution in [0.3, 0.4) is 0 Å². The van der Waals surface area contributed by atoms with Crippen molar-refractivity contribution in [1.82, 2.24) is 15.1 Å². The zero-order valence-electron chi connectivity index (χ0n) is 29.0. The fourth-order valence-corrected chi connectivity index (χ4v) is 8.98. The van der Waals surface area contributed by atoms with Crippen LogP contribution in [0.2, 0.25) is 0 Å². The van der Waals surface area contributed by atoms with E-state index < -0.39 is 53.2 Å². The van der Waals surface area contributed by atoms with Crippen LogP contribution in [-0.4, -0.2) is 98.6 Å². The molecule has 3 heterocycles. The minimum absolute atomic E-state index is 0.0968. The molecule has 3 fully saturated rings. The van der Waals surface area contributed by atoms with Crippen molar-refractivity contribution in [1.29, 1.82) is 0 Å². The first-order valence-corrected chi connectivity index (χ1v) is 17.5. The fourth-order valence-electron chi connectivity index (χ4n) is 8.03. The number of allylic oxidation sites excluding steroid dienone is 1. The third-order valence-corrected chi connectivity index (χ3v) is 10.2. The topological polar surface area (TPSA) is 125 Å². The number of hydrogen-bond acceptors (Lipinski definition) is 7. The molecule has 0 saturated carbocycles. The number of nitrogens with one attached hydrogen (secondary N) is 1. The molecule has 3 amide bonds. The van der Waals surface area contributed by atoms with Crippen molar-refractivity contribution >= 4 is 39.6 Å². The van der Waals surface area contributed by atoms with Gasteiger partial charge in [0.05, 0.1) is 37.1 Å². The minimum Gasteiger partial charge on any atom is -0.460 e. The first-order chi connectivity index (χ1) is 21.3. The molecule has 0 aromatic heterocycles. The molecular formula is C35H56BrN3O7. The Labute approximate surface area is 283 Å². The normalized spacial score (nSPS) is 28.5. The summed E-state index contributed by atoms with van der Waals surface area (Å²) in [4.78, 5) is 58.6. The summed E-state index contributed by atoms with van der Waals surface area (Å²) in [6.07, 6.45) is 4.36. The lowest BCUT2D eigenvalue weighted by Gasteiger charge is -2.46. The van der Waals surface area contributed by atoms with Gasteiger partial charge in [-0.2, -0.15) is 0 Å². The van der Waals surface area contributed by atoms with Crippen molar-refractivity contribution in [3.63, 3.8) is 0 Å². The van der Waals surface area contributed by atoms with Gasteiger partial charge in [-0.3, -0.25) is 19.2 Å². The number of fused-ring (bicyclic) bond motifs is 1. The molecule has 3 rings (SSSR count). The lowest BCUT2D eigenvalue weighted by Crippen LogP contribution is -2.62. The van der Waals surface area contributed by atoms with Gasteiger partial charge < -0.3 is 29.7 Å². The monoisotopic (exact) mass is 709 g/mol. The Morgan fingerprint density at radius 3 is 2.39 bits per heavy atom. The number of amides is 3. The van der Waals surface area contributed by atoms with E-state index in [1.54, 1.807) is 24.0 Å². The van der Waals surface area contributed by atoms with Crippen molar-refractivity contribution in [2.75, 3.05) is 19.7 Å². The average molecular weight is 711 g/mol. The molecule has 2 bridgehead atoms. The predicted molar refractivity (Wildman–Crippen MR) is 181 cm³/mol. The summed E-state index contributed by atoms with van der Waals surface area (Å²) in [6.45, 7) is 23.7. The third kappa shape index (κ3) is 7.89. The Balaban J connectivity index is 2.03. The van der Waals surface area contributed by atoms with Gasteiger partial charge in [0.2, 0.25) is 17.7 Å². The maximum absolute atomic E-state index is 15.0. The second kappa shape index (κ2) is 14.9. The van der Waals surface area contributed by atoms with Gasteiger partial charge in [0, 0.05) is 23.3 Å². The SMILES string of the molecule is C=CCCC(=O)NC[C@H](C)OC(=O)[C@H]1[C@@H]2O[C@@]3(CC2Br)[C@@H]1C(=O)N([C@@H](CO)CC(C)C)[C@@H]3C(=O)N(CC=C)C(C)(C)CC(C)(C)C. The Bertz CT molecular complexity index is 1170. The molecule has 0 aromatic rings. The molecule has 8 atom stereocenters. The third-order valence-electron chi connectivity index (χ3n) is 9.33. The number of aliphatic hydroxyl groups excluding tert-OH is 1. The van der Waals surface area contributed by atoms with E-state index in [2.05, 4.69) is 55.2 Å². The number of ether oxygens (including phenoxy) is 2. The van der Waals surface area contributed by atoms with Crippen molar-refractivity contribution in [3.8, 4) is 0 Å². The average Bonchev–Trinajstić information content (AvgIpc) is 3.53. The molecule has 3 saturated heterocycles. The highest BCUT2D eigenvalue weighted by Crippen LogP contribution is 2.61. The number of aliphatic hydroxyl groups is 1. The fraction of sp³-hybridized carbons (Fsp3) is 0.771. The Hall–Kier alpha value is -2.24.